The fourth-order valence-corrected chi connectivity index (χ4v) is 1.83. The van der Waals surface area contributed by atoms with Crippen LogP contribution in [0, 0.1) is 12.7 Å². The van der Waals surface area contributed by atoms with E-state index in [9.17, 15) is 4.39 Å². The maximum atomic E-state index is 13.2. The van der Waals surface area contributed by atoms with Crippen molar-refractivity contribution in [3.63, 3.8) is 0 Å². The Morgan fingerprint density at radius 1 is 1.07 bits per heavy atom. The van der Waals surface area contributed by atoms with Gasteiger partial charge in [0.15, 0.2) is 0 Å². The van der Waals surface area contributed by atoms with Crippen LogP contribution in [0.3, 0.4) is 0 Å². The van der Waals surface area contributed by atoms with E-state index in [-0.39, 0.29) is 5.82 Å². The average Bonchev–Trinajstić information content (AvgIpc) is 2.16. The molecule has 0 aliphatic carbocycles. The summed E-state index contributed by atoms with van der Waals surface area (Å²) < 4.78 is 13.2. The SMILES string of the molecule is Cc1cc(F)cc(-c2ccccc2Cl)c1. The minimum atomic E-state index is -0.232. The van der Waals surface area contributed by atoms with Crippen LogP contribution in [-0.2, 0) is 0 Å². The summed E-state index contributed by atoms with van der Waals surface area (Å²) in [6.07, 6.45) is 0. The maximum absolute atomic E-state index is 13.2. The smallest absolute Gasteiger partial charge is 0.124 e. The van der Waals surface area contributed by atoms with Crippen LogP contribution in [0.2, 0.25) is 5.02 Å². The number of benzene rings is 2. The molecule has 0 bridgehead atoms. The molecule has 0 amide bonds. The fourth-order valence-electron chi connectivity index (χ4n) is 1.59. The predicted octanol–water partition coefficient (Wildman–Crippen LogP) is 4.45. The summed E-state index contributed by atoms with van der Waals surface area (Å²) in [7, 11) is 0. The molecule has 0 saturated heterocycles. The van der Waals surface area contributed by atoms with Gasteiger partial charge in [-0.2, -0.15) is 0 Å². The lowest BCUT2D eigenvalue weighted by Crippen LogP contribution is -1.84. The number of halogens is 2. The molecule has 0 unspecified atom stereocenters. The lowest BCUT2D eigenvalue weighted by atomic mass is 10.0. The van der Waals surface area contributed by atoms with Gasteiger partial charge in [-0.05, 0) is 36.2 Å². The first kappa shape index (κ1) is 10.2. The summed E-state index contributed by atoms with van der Waals surface area (Å²) in [4.78, 5) is 0. The molecule has 0 spiro atoms. The van der Waals surface area contributed by atoms with Crippen molar-refractivity contribution in [3.8, 4) is 11.1 Å². The second-order valence-electron chi connectivity index (χ2n) is 3.50. The quantitative estimate of drug-likeness (QED) is 0.666. The summed E-state index contributed by atoms with van der Waals surface area (Å²) >= 11 is 6.04. The first-order chi connectivity index (χ1) is 7.16. The van der Waals surface area contributed by atoms with Gasteiger partial charge < -0.3 is 0 Å². The first-order valence-electron chi connectivity index (χ1n) is 4.69. The molecule has 2 rings (SSSR count). The molecule has 0 heterocycles. The van der Waals surface area contributed by atoms with Gasteiger partial charge in [-0.25, -0.2) is 4.39 Å². The monoisotopic (exact) mass is 220 g/mol. The van der Waals surface area contributed by atoms with E-state index < -0.39 is 0 Å². The zero-order chi connectivity index (χ0) is 10.8. The molecule has 0 atom stereocenters. The Morgan fingerprint density at radius 2 is 1.80 bits per heavy atom. The van der Waals surface area contributed by atoms with Gasteiger partial charge in [0.25, 0.3) is 0 Å². The molecule has 0 aliphatic heterocycles. The Kier molecular flexibility index (Phi) is 2.74. The molecule has 2 aromatic rings. The zero-order valence-electron chi connectivity index (χ0n) is 8.30. The predicted molar refractivity (Wildman–Crippen MR) is 61.6 cm³/mol. The topological polar surface area (TPSA) is 0 Å². The van der Waals surface area contributed by atoms with Gasteiger partial charge in [0, 0.05) is 10.6 Å². The Balaban J connectivity index is 2.59. The van der Waals surface area contributed by atoms with E-state index in [0.29, 0.717) is 5.02 Å². The number of rotatable bonds is 1. The normalized spacial score (nSPS) is 10.3. The van der Waals surface area contributed by atoms with Crippen molar-refractivity contribution in [2.45, 2.75) is 6.92 Å². The third kappa shape index (κ3) is 2.18. The van der Waals surface area contributed by atoms with E-state index in [4.69, 9.17) is 11.6 Å². The molecule has 0 aromatic heterocycles. The van der Waals surface area contributed by atoms with Crippen molar-refractivity contribution >= 4 is 11.6 Å². The third-order valence-electron chi connectivity index (χ3n) is 2.23. The summed E-state index contributed by atoms with van der Waals surface area (Å²) in [5.41, 5.74) is 2.57. The highest BCUT2D eigenvalue weighted by atomic mass is 35.5. The largest absolute Gasteiger partial charge is 0.207 e. The van der Waals surface area contributed by atoms with E-state index in [0.717, 1.165) is 16.7 Å². The Morgan fingerprint density at radius 3 is 2.47 bits per heavy atom. The van der Waals surface area contributed by atoms with E-state index in [2.05, 4.69) is 0 Å². The average molecular weight is 221 g/mol. The standard InChI is InChI=1S/C13H10ClF/c1-9-6-10(8-11(15)7-9)12-4-2-3-5-13(12)14/h2-8H,1H3. The molecule has 76 valence electrons. The Bertz CT molecular complexity index is 471. The maximum Gasteiger partial charge on any atom is 0.124 e. The van der Waals surface area contributed by atoms with E-state index >= 15 is 0 Å². The molecule has 15 heavy (non-hydrogen) atoms. The zero-order valence-corrected chi connectivity index (χ0v) is 9.05. The van der Waals surface area contributed by atoms with Gasteiger partial charge in [-0.3, -0.25) is 0 Å². The molecule has 0 saturated carbocycles. The highest BCUT2D eigenvalue weighted by Crippen LogP contribution is 2.28. The molecule has 0 nitrogen and oxygen atoms in total. The lowest BCUT2D eigenvalue weighted by Gasteiger charge is -2.05. The van der Waals surface area contributed by atoms with Crippen molar-refractivity contribution < 1.29 is 4.39 Å². The van der Waals surface area contributed by atoms with E-state index in [1.54, 1.807) is 6.07 Å². The minimum absolute atomic E-state index is 0.232. The van der Waals surface area contributed by atoms with Crippen LogP contribution in [0.5, 0.6) is 0 Å². The Hall–Kier alpha value is -1.34. The van der Waals surface area contributed by atoms with E-state index in [1.807, 2.05) is 31.2 Å². The van der Waals surface area contributed by atoms with Gasteiger partial charge in [0.2, 0.25) is 0 Å². The van der Waals surface area contributed by atoms with Gasteiger partial charge in [0.05, 0.1) is 0 Å². The van der Waals surface area contributed by atoms with Crippen molar-refractivity contribution in [2.75, 3.05) is 0 Å². The summed E-state index contributed by atoms with van der Waals surface area (Å²) in [6.45, 7) is 1.86. The van der Waals surface area contributed by atoms with Crippen LogP contribution in [0.25, 0.3) is 11.1 Å². The highest BCUT2D eigenvalue weighted by Gasteiger charge is 2.04. The molecular formula is C13H10ClF. The second-order valence-corrected chi connectivity index (χ2v) is 3.90. The van der Waals surface area contributed by atoms with Gasteiger partial charge >= 0.3 is 0 Å². The molecule has 2 aromatic carbocycles. The molecule has 2 heteroatoms. The fraction of sp³-hybridized carbons (Fsp3) is 0.0769. The van der Waals surface area contributed by atoms with Gasteiger partial charge in [0.1, 0.15) is 5.82 Å². The molecule has 0 aliphatic rings. The van der Waals surface area contributed by atoms with Crippen molar-refractivity contribution in [1.29, 1.82) is 0 Å². The van der Waals surface area contributed by atoms with Crippen LogP contribution >= 0.6 is 11.6 Å². The van der Waals surface area contributed by atoms with Gasteiger partial charge in [-0.15, -0.1) is 0 Å². The summed E-state index contributed by atoms with van der Waals surface area (Å²) in [5.74, 6) is -0.232. The Labute approximate surface area is 93.3 Å². The molecular weight excluding hydrogens is 211 g/mol. The molecule has 0 N–H and O–H groups in total. The van der Waals surface area contributed by atoms with Crippen molar-refractivity contribution in [1.82, 2.24) is 0 Å². The summed E-state index contributed by atoms with van der Waals surface area (Å²) in [5, 5.41) is 0.641. The van der Waals surface area contributed by atoms with Crippen LogP contribution in [0.1, 0.15) is 5.56 Å². The number of hydrogen-bond donors (Lipinski definition) is 0. The second kappa shape index (κ2) is 4.03. The number of aryl methyl sites for hydroxylation is 1. The summed E-state index contributed by atoms with van der Waals surface area (Å²) in [6, 6.07) is 12.4. The van der Waals surface area contributed by atoms with Crippen LogP contribution in [0.4, 0.5) is 4.39 Å². The highest BCUT2D eigenvalue weighted by molar-refractivity contribution is 6.33. The minimum Gasteiger partial charge on any atom is -0.207 e. The van der Waals surface area contributed by atoms with Crippen LogP contribution in [0.15, 0.2) is 42.5 Å². The van der Waals surface area contributed by atoms with Crippen LogP contribution in [-0.4, -0.2) is 0 Å². The third-order valence-corrected chi connectivity index (χ3v) is 2.56. The van der Waals surface area contributed by atoms with Gasteiger partial charge in [-0.1, -0.05) is 35.9 Å². The lowest BCUT2D eigenvalue weighted by molar-refractivity contribution is 0.627. The molecule has 0 fully saturated rings. The van der Waals surface area contributed by atoms with Crippen LogP contribution < -0.4 is 0 Å². The van der Waals surface area contributed by atoms with E-state index in [1.165, 1.54) is 12.1 Å². The van der Waals surface area contributed by atoms with Crippen molar-refractivity contribution in [3.05, 3.63) is 58.9 Å². The first-order valence-corrected chi connectivity index (χ1v) is 5.07. The van der Waals surface area contributed by atoms with Crippen molar-refractivity contribution in [2.24, 2.45) is 0 Å². The molecule has 0 radical (unpaired) electrons. The number of hydrogen-bond acceptors (Lipinski definition) is 0.